The number of aromatic nitrogens is 2. The van der Waals surface area contributed by atoms with Crippen molar-refractivity contribution < 1.29 is 0 Å². The van der Waals surface area contributed by atoms with Crippen molar-refractivity contribution in [2.24, 2.45) is 0 Å². The fourth-order valence-electron chi connectivity index (χ4n) is 1.76. The van der Waals surface area contributed by atoms with Crippen LogP contribution in [0.15, 0.2) is 30.6 Å². The summed E-state index contributed by atoms with van der Waals surface area (Å²) in [5.41, 5.74) is 1.84. The molecule has 0 aliphatic heterocycles. The Bertz CT molecular complexity index is 658. The minimum Gasteiger partial charge on any atom is -0.352 e. The summed E-state index contributed by atoms with van der Waals surface area (Å²) in [6.07, 6.45) is 3.54. The fourth-order valence-corrected chi connectivity index (χ4v) is 2.13. The molecule has 0 bridgehead atoms. The van der Waals surface area contributed by atoms with Gasteiger partial charge in [0.2, 0.25) is 0 Å². The molecule has 4 heteroatoms. The Morgan fingerprint density at radius 3 is 2.80 bits per heavy atom. The lowest BCUT2D eigenvalue weighted by molar-refractivity contribution is 1.35. The Labute approximate surface area is 95.8 Å². The highest BCUT2D eigenvalue weighted by Crippen LogP contribution is 2.34. The van der Waals surface area contributed by atoms with Gasteiger partial charge in [-0.2, -0.15) is 0 Å². The Morgan fingerprint density at radius 1 is 1.07 bits per heavy atom. The number of H-pyrrole nitrogens is 1. The first-order valence-electron chi connectivity index (χ1n) is 4.47. The highest BCUT2D eigenvalue weighted by Gasteiger charge is 2.09. The van der Waals surface area contributed by atoms with E-state index in [-0.39, 0.29) is 0 Å². The monoisotopic (exact) mass is 236 g/mol. The molecule has 3 rings (SSSR count). The van der Waals surface area contributed by atoms with Gasteiger partial charge < -0.3 is 4.98 Å². The molecular weight excluding hydrogens is 231 g/mol. The van der Waals surface area contributed by atoms with Crippen LogP contribution in [0.1, 0.15) is 0 Å². The third-order valence-electron chi connectivity index (χ3n) is 2.47. The van der Waals surface area contributed by atoms with Crippen LogP contribution in [0, 0.1) is 0 Å². The summed E-state index contributed by atoms with van der Waals surface area (Å²) in [7, 11) is 0. The number of hydrogen-bond donors (Lipinski definition) is 1. The highest BCUT2D eigenvalue weighted by atomic mass is 35.5. The fraction of sp³-hybridized carbons (Fsp3) is 0. The van der Waals surface area contributed by atoms with Gasteiger partial charge in [0.15, 0.2) is 0 Å². The maximum Gasteiger partial charge on any atom is 0.0833 e. The van der Waals surface area contributed by atoms with E-state index in [0.717, 1.165) is 21.8 Å². The Balaban J connectivity index is 2.60. The van der Waals surface area contributed by atoms with E-state index in [2.05, 4.69) is 9.97 Å². The number of fused-ring (bicyclic) bond motifs is 3. The number of nitrogens with zero attached hydrogens (tertiary/aromatic N) is 1. The molecule has 0 aliphatic rings. The average molecular weight is 237 g/mol. The summed E-state index contributed by atoms with van der Waals surface area (Å²) in [5, 5.41) is 3.30. The maximum absolute atomic E-state index is 6.11. The molecule has 1 aromatic carbocycles. The Morgan fingerprint density at radius 2 is 1.93 bits per heavy atom. The summed E-state index contributed by atoms with van der Waals surface area (Å²) in [4.78, 5) is 7.26. The molecule has 3 aromatic rings. The van der Waals surface area contributed by atoms with Crippen LogP contribution in [0.5, 0.6) is 0 Å². The van der Waals surface area contributed by atoms with E-state index < -0.39 is 0 Å². The van der Waals surface area contributed by atoms with E-state index >= 15 is 0 Å². The number of nitrogens with one attached hydrogen (secondary N) is 1. The first-order chi connectivity index (χ1) is 7.27. The number of hydrogen-bond acceptors (Lipinski definition) is 1. The van der Waals surface area contributed by atoms with Gasteiger partial charge >= 0.3 is 0 Å². The Hall–Kier alpha value is -1.25. The summed E-state index contributed by atoms with van der Waals surface area (Å²) in [6, 6.07) is 5.72. The molecule has 2 nitrogen and oxygen atoms in total. The van der Waals surface area contributed by atoms with Gasteiger partial charge in [-0.1, -0.05) is 29.3 Å². The molecule has 0 spiro atoms. The Kier molecular flexibility index (Phi) is 1.87. The van der Waals surface area contributed by atoms with Crippen LogP contribution >= 0.6 is 23.2 Å². The van der Waals surface area contributed by atoms with Gasteiger partial charge in [0.1, 0.15) is 0 Å². The molecule has 2 heterocycles. The number of benzene rings is 1. The molecule has 0 fully saturated rings. The maximum atomic E-state index is 6.11. The number of halogens is 2. The van der Waals surface area contributed by atoms with Crippen molar-refractivity contribution >= 4 is 45.0 Å². The molecule has 0 aliphatic carbocycles. The predicted octanol–water partition coefficient (Wildman–Crippen LogP) is 4.02. The van der Waals surface area contributed by atoms with E-state index in [9.17, 15) is 0 Å². The second-order valence-electron chi connectivity index (χ2n) is 3.33. The van der Waals surface area contributed by atoms with E-state index in [1.165, 1.54) is 0 Å². The van der Waals surface area contributed by atoms with Gasteiger partial charge in [-0.15, -0.1) is 0 Å². The van der Waals surface area contributed by atoms with Crippen LogP contribution < -0.4 is 0 Å². The molecular formula is C11H6Cl2N2. The van der Waals surface area contributed by atoms with E-state index in [1.54, 1.807) is 18.5 Å². The topological polar surface area (TPSA) is 28.7 Å². The zero-order valence-corrected chi connectivity index (χ0v) is 9.10. The minimum absolute atomic E-state index is 0.559. The second kappa shape index (κ2) is 3.12. The van der Waals surface area contributed by atoms with Crippen LogP contribution in [-0.4, -0.2) is 9.97 Å². The van der Waals surface area contributed by atoms with E-state index in [0.29, 0.717) is 10.0 Å². The number of rotatable bonds is 0. The molecule has 0 saturated heterocycles. The van der Waals surface area contributed by atoms with Crippen LogP contribution in [0.4, 0.5) is 0 Å². The third kappa shape index (κ3) is 1.22. The standard InChI is InChI=1S/C11H6Cl2N2/c12-8-2-1-7-6-3-4-14-5-9(6)15-11(7)10(8)13/h1-5,15H. The van der Waals surface area contributed by atoms with Crippen LogP contribution in [0.3, 0.4) is 0 Å². The lowest BCUT2D eigenvalue weighted by atomic mass is 10.2. The van der Waals surface area contributed by atoms with Crippen LogP contribution in [0.25, 0.3) is 21.8 Å². The number of pyridine rings is 1. The van der Waals surface area contributed by atoms with Crippen molar-refractivity contribution in [2.45, 2.75) is 0 Å². The first-order valence-corrected chi connectivity index (χ1v) is 5.22. The van der Waals surface area contributed by atoms with Crippen LogP contribution in [0.2, 0.25) is 10.0 Å². The van der Waals surface area contributed by atoms with Gasteiger partial charge in [-0.3, -0.25) is 4.98 Å². The molecule has 0 radical (unpaired) electrons. The molecule has 74 valence electrons. The van der Waals surface area contributed by atoms with Gasteiger partial charge in [-0.05, 0) is 12.1 Å². The van der Waals surface area contributed by atoms with Crippen molar-refractivity contribution in [3.05, 3.63) is 40.6 Å². The van der Waals surface area contributed by atoms with E-state index in [4.69, 9.17) is 23.2 Å². The lowest BCUT2D eigenvalue weighted by Gasteiger charge is -1.96. The van der Waals surface area contributed by atoms with Gasteiger partial charge in [0, 0.05) is 17.0 Å². The molecule has 0 saturated carbocycles. The quantitative estimate of drug-likeness (QED) is 0.628. The predicted molar refractivity (Wildman–Crippen MR) is 63.6 cm³/mol. The molecule has 2 aromatic heterocycles. The molecule has 0 amide bonds. The lowest BCUT2D eigenvalue weighted by Crippen LogP contribution is -1.72. The van der Waals surface area contributed by atoms with E-state index in [1.807, 2.05) is 12.1 Å². The average Bonchev–Trinajstić information content (AvgIpc) is 2.63. The van der Waals surface area contributed by atoms with Crippen molar-refractivity contribution in [1.82, 2.24) is 9.97 Å². The molecule has 15 heavy (non-hydrogen) atoms. The van der Waals surface area contributed by atoms with Crippen molar-refractivity contribution in [2.75, 3.05) is 0 Å². The molecule has 0 unspecified atom stereocenters. The summed E-state index contributed by atoms with van der Waals surface area (Å²) in [6.45, 7) is 0. The zero-order valence-electron chi connectivity index (χ0n) is 7.59. The van der Waals surface area contributed by atoms with Gasteiger partial charge in [-0.25, -0.2) is 0 Å². The van der Waals surface area contributed by atoms with Crippen molar-refractivity contribution in [1.29, 1.82) is 0 Å². The van der Waals surface area contributed by atoms with Crippen LogP contribution in [-0.2, 0) is 0 Å². The molecule has 1 N–H and O–H groups in total. The third-order valence-corrected chi connectivity index (χ3v) is 3.27. The summed E-state index contributed by atoms with van der Waals surface area (Å²) >= 11 is 12.1. The SMILES string of the molecule is Clc1ccc2c([nH]c3cnccc32)c1Cl. The smallest absolute Gasteiger partial charge is 0.0833 e. The normalized spacial score (nSPS) is 11.3. The molecule has 0 atom stereocenters. The minimum atomic E-state index is 0.559. The second-order valence-corrected chi connectivity index (χ2v) is 4.12. The largest absolute Gasteiger partial charge is 0.352 e. The van der Waals surface area contributed by atoms with Crippen molar-refractivity contribution in [3.8, 4) is 0 Å². The van der Waals surface area contributed by atoms with Gasteiger partial charge in [0.05, 0.1) is 27.3 Å². The highest BCUT2D eigenvalue weighted by molar-refractivity contribution is 6.45. The summed E-state index contributed by atoms with van der Waals surface area (Å²) in [5.74, 6) is 0. The van der Waals surface area contributed by atoms with Gasteiger partial charge in [0.25, 0.3) is 0 Å². The van der Waals surface area contributed by atoms with Crippen molar-refractivity contribution in [3.63, 3.8) is 0 Å². The number of aromatic amines is 1. The zero-order chi connectivity index (χ0) is 10.4. The first kappa shape index (κ1) is 9.01. The summed E-state index contributed by atoms with van der Waals surface area (Å²) < 4.78 is 0.